The van der Waals surface area contributed by atoms with Crippen LogP contribution >= 0.6 is 0 Å². The van der Waals surface area contributed by atoms with Gasteiger partial charge in [0.2, 0.25) is 0 Å². The molecule has 10 heteroatoms. The van der Waals surface area contributed by atoms with E-state index in [2.05, 4.69) is 474 Å². The first kappa shape index (κ1) is 80.1. The van der Waals surface area contributed by atoms with Crippen LogP contribution in [0.3, 0.4) is 0 Å². The summed E-state index contributed by atoms with van der Waals surface area (Å²) in [5.74, 6) is 2.80. The molecule has 6 aliphatic heterocycles. The second kappa shape index (κ2) is 31.6. The van der Waals surface area contributed by atoms with Gasteiger partial charge in [-0.1, -0.05) is 356 Å². The Morgan fingerprint density at radius 3 is 0.819 bits per heavy atom. The number of hydrogen-bond donors (Lipinski definition) is 0. The Morgan fingerprint density at radius 2 is 0.496 bits per heavy atom. The highest BCUT2D eigenvalue weighted by atomic mass is 28.3. The molecule has 0 fully saturated rings. The molecule has 614 valence electrons. The number of nitrogens with zero attached hydrogens (tertiary/aromatic N) is 3. The zero-order valence-corrected chi connectivity index (χ0v) is 75.5. The number of hydrogen-bond acceptors (Lipinski definition) is 6. The smallest absolute Gasteiger partial charge is 0.427 e. The van der Waals surface area contributed by atoms with Gasteiger partial charge < -0.3 is 28.7 Å². The summed E-state index contributed by atoms with van der Waals surface area (Å²) in [7, 11) is -1.83. The van der Waals surface area contributed by atoms with Gasteiger partial charge in [0.15, 0.2) is 0 Å². The van der Waals surface area contributed by atoms with E-state index < -0.39 is 13.5 Å². The van der Waals surface area contributed by atoms with E-state index in [1.165, 1.54) is 183 Å². The van der Waals surface area contributed by atoms with E-state index >= 15 is 0 Å². The molecule has 0 unspecified atom stereocenters. The van der Waals surface area contributed by atoms with Crippen LogP contribution in [0, 0.1) is 62.3 Å². The minimum absolute atomic E-state index is 0.0794. The van der Waals surface area contributed by atoms with Crippen molar-refractivity contribution in [1.29, 1.82) is 0 Å². The minimum atomic E-state index is -1.83. The van der Waals surface area contributed by atoms with Gasteiger partial charge in [-0.05, 0) is 247 Å². The fraction of sp³-hybridized carbons (Fsp3) is 0.128. The molecule has 0 aromatic heterocycles. The second-order valence-corrected chi connectivity index (χ2v) is 40.9. The molecule has 127 heavy (non-hydrogen) atoms. The van der Waals surface area contributed by atoms with E-state index in [-0.39, 0.29) is 26.2 Å². The van der Waals surface area contributed by atoms with Crippen LogP contribution in [-0.4, -0.2) is 28.8 Å². The first-order chi connectivity index (χ1) is 61.7. The molecular weight excluding hydrogens is 1560 g/mol. The second-order valence-electron chi connectivity index (χ2n) is 36.6. The van der Waals surface area contributed by atoms with E-state index in [1.807, 2.05) is 0 Å². The van der Waals surface area contributed by atoms with Gasteiger partial charge >= 0.3 is 20.7 Å². The minimum Gasteiger partial charge on any atom is -0.551 e. The Morgan fingerprint density at radius 1 is 0.244 bits per heavy atom. The van der Waals surface area contributed by atoms with Gasteiger partial charge in [0.05, 0.1) is 28.2 Å². The monoisotopic (exact) mass is 1660 g/mol. The van der Waals surface area contributed by atoms with Crippen LogP contribution in [0.15, 0.2) is 370 Å². The molecular formula is C117H100B3N3O3Si. The van der Waals surface area contributed by atoms with E-state index in [4.69, 9.17) is 14.0 Å². The van der Waals surface area contributed by atoms with Crippen molar-refractivity contribution in [2.24, 2.45) is 0 Å². The molecule has 23 rings (SSSR count). The molecule has 0 N–H and O–H groups in total. The lowest BCUT2D eigenvalue weighted by atomic mass is 9.50. The van der Waals surface area contributed by atoms with Crippen molar-refractivity contribution in [3.05, 3.63) is 454 Å². The summed E-state index contributed by atoms with van der Waals surface area (Å²) in [6.45, 7) is 28.9. The van der Waals surface area contributed by atoms with Gasteiger partial charge in [-0.2, -0.15) is 0 Å². The molecule has 0 bridgehead atoms. The fourth-order valence-corrected chi connectivity index (χ4v) is 25.4. The highest BCUT2D eigenvalue weighted by molar-refractivity contribution is 7.02. The van der Waals surface area contributed by atoms with Crippen molar-refractivity contribution in [2.45, 2.75) is 100 Å². The van der Waals surface area contributed by atoms with Crippen LogP contribution in [0.2, 0.25) is 13.1 Å². The topological polar surface area (TPSA) is 37.4 Å². The van der Waals surface area contributed by atoms with Crippen molar-refractivity contribution >= 4 is 123 Å². The summed E-state index contributed by atoms with van der Waals surface area (Å²) < 4.78 is 20.4. The van der Waals surface area contributed by atoms with Gasteiger partial charge in [0.1, 0.15) is 25.3 Å². The maximum atomic E-state index is 6.86. The van der Waals surface area contributed by atoms with Crippen LogP contribution in [0.25, 0.3) is 33.4 Å². The Hall–Kier alpha value is -14.0. The maximum Gasteiger partial charge on any atom is 0.427 e. The lowest BCUT2D eigenvalue weighted by Gasteiger charge is -2.46. The average Bonchev–Trinajstić information content (AvgIpc) is 0.691. The summed E-state index contributed by atoms with van der Waals surface area (Å²) in [6, 6.07) is 135. The molecule has 17 aromatic carbocycles. The lowest BCUT2D eigenvalue weighted by molar-refractivity contribution is 0.589. The molecule has 17 aromatic rings. The fourth-order valence-electron chi connectivity index (χ4n) is 22.4. The molecule has 6 heterocycles. The third-order valence-corrected chi connectivity index (χ3v) is 31.3. The quantitative estimate of drug-likeness (QED) is 0.141. The van der Waals surface area contributed by atoms with Crippen LogP contribution in [0.1, 0.15) is 97.3 Å². The van der Waals surface area contributed by atoms with Crippen LogP contribution in [-0.2, 0) is 10.8 Å². The average molecular weight is 1660 g/mol. The van der Waals surface area contributed by atoms with Crippen molar-refractivity contribution in [3.8, 4) is 50.6 Å². The molecule has 0 aliphatic carbocycles. The third kappa shape index (κ3) is 13.2. The Balaban J connectivity index is 0.000000117. The summed E-state index contributed by atoms with van der Waals surface area (Å²) in [6.07, 6.45) is 0. The van der Waals surface area contributed by atoms with Crippen molar-refractivity contribution in [3.63, 3.8) is 0 Å². The molecule has 6 aliphatic rings. The normalized spacial score (nSPS) is 14.3. The van der Waals surface area contributed by atoms with Crippen molar-refractivity contribution in [1.82, 2.24) is 0 Å². The largest absolute Gasteiger partial charge is 0.551 e. The van der Waals surface area contributed by atoms with Gasteiger partial charge in [-0.25, -0.2) is 0 Å². The standard InChI is InChI=1S/C46H36BNO.C36H32BNO.C35H32BNOSi/c1-31-28-32(2)45(33(3)29-31)47-41-27-26-36(30-38(41)37-20-10-15-25-44(37)49-47)48-42-23-13-11-21-39(42)46(34-16-6-4-7-17-34,35-18-8-5-9-19-35)40-22-12-14-24-43(40)48;1-23-20-24(2)35(25(3)21-23)37-31-19-18-26(22-28(31)27-12-6-11-17-34(27)39-37)38-32-15-9-7-13-29(32)36(4,5)30-14-8-10-16-33(30)38;1-23-20-24(2)35(25(3)21-23)36-29-19-18-26(22-28(29)27-12-6-9-15-32(27)38-36)37-30-13-7-10-16-33(30)39(4,5)34-17-11-8-14-31(34)37/h4-30H,1-3H3;2*6-22H,1-5H3. The van der Waals surface area contributed by atoms with Crippen LogP contribution in [0.4, 0.5) is 51.2 Å². The number of benzene rings is 17. The van der Waals surface area contributed by atoms with E-state index in [1.54, 1.807) is 0 Å². The van der Waals surface area contributed by atoms with E-state index in [9.17, 15) is 0 Å². The SMILES string of the molecule is Cc1cc(C)c(B2Oc3ccccc3-c3cc(N4c5ccccc5C(C)(C)c5ccccc54)ccc32)c(C)c1.Cc1cc(C)c(B2Oc3ccccc3-c3cc(N4c5ccccc5C(c5ccccc5)(c5ccccc5)c5ccccc54)ccc32)c(C)c1.Cc1cc(C)c(B2Oc3ccccc3-c3cc(N4c5ccccc5[Si](C)(C)c5ccccc54)ccc32)c(C)c1. The third-order valence-electron chi connectivity index (χ3n) is 27.8. The molecule has 0 saturated heterocycles. The number of rotatable bonds is 8. The molecule has 0 spiro atoms. The first-order valence-electron chi connectivity index (χ1n) is 44.8. The summed E-state index contributed by atoms with van der Waals surface area (Å²) in [5.41, 5.74) is 44.0. The number of fused-ring (bicyclic) bond motifs is 15. The predicted molar refractivity (Wildman–Crippen MR) is 539 cm³/mol. The molecule has 0 amide bonds. The highest BCUT2D eigenvalue weighted by Gasteiger charge is 2.48. The van der Waals surface area contributed by atoms with Gasteiger partial charge in [0, 0.05) is 50.5 Å². The molecule has 0 atom stereocenters. The number of aryl methyl sites for hydroxylation is 9. The molecule has 6 nitrogen and oxygen atoms in total. The maximum absolute atomic E-state index is 6.86. The first-order valence-corrected chi connectivity index (χ1v) is 47.8. The summed E-state index contributed by atoms with van der Waals surface area (Å²) >= 11 is 0. The molecule has 0 radical (unpaired) electrons. The van der Waals surface area contributed by atoms with E-state index in [0.717, 1.165) is 45.3 Å². The Kier molecular flexibility index (Phi) is 19.9. The van der Waals surface area contributed by atoms with Crippen LogP contribution < -0.4 is 71.8 Å². The zero-order valence-electron chi connectivity index (χ0n) is 74.5. The van der Waals surface area contributed by atoms with Crippen molar-refractivity contribution < 1.29 is 14.0 Å². The predicted octanol–water partition coefficient (Wildman–Crippen LogP) is 24.2. The summed E-state index contributed by atoms with van der Waals surface area (Å²) in [4.78, 5) is 7.37. The lowest BCUT2D eigenvalue weighted by Crippen LogP contribution is -2.58. The Labute approximate surface area is 750 Å². The molecule has 0 saturated carbocycles. The number of anilines is 9. The van der Waals surface area contributed by atoms with Crippen molar-refractivity contribution in [2.75, 3.05) is 14.7 Å². The highest BCUT2D eigenvalue weighted by Crippen LogP contribution is 2.59. The van der Waals surface area contributed by atoms with Gasteiger partial charge in [-0.15, -0.1) is 0 Å². The van der Waals surface area contributed by atoms with Gasteiger partial charge in [-0.3, -0.25) is 0 Å². The van der Waals surface area contributed by atoms with E-state index in [0.29, 0.717) is 0 Å². The zero-order chi connectivity index (χ0) is 86.9. The van der Waals surface area contributed by atoms with Crippen LogP contribution in [0.5, 0.6) is 17.2 Å². The van der Waals surface area contributed by atoms with Gasteiger partial charge in [0.25, 0.3) is 0 Å². The summed E-state index contributed by atoms with van der Waals surface area (Å²) in [5, 5.41) is 2.96. The number of para-hydroxylation sites is 9. The Bertz CT molecular complexity index is 6740.